The molecule has 9 nitrogen and oxygen atoms in total. The van der Waals surface area contributed by atoms with Gasteiger partial charge in [0, 0.05) is 18.9 Å². The average molecular weight is 432 g/mol. The zero-order valence-electron chi connectivity index (χ0n) is 17.1. The Bertz CT molecular complexity index is 774. The number of hydrogen-bond acceptors (Lipinski definition) is 7. The molecular formula is C19H29NO8S. The number of aliphatic carboxylic acids is 1. The molecule has 0 saturated heterocycles. The molecule has 0 bridgehead atoms. The third kappa shape index (κ3) is 9.25. The predicted molar refractivity (Wildman–Crippen MR) is 106 cm³/mol. The maximum absolute atomic E-state index is 12.0. The SMILES string of the molecule is COc1ccc(COC(C(=O)O)C(C)(C)COS(=O)(=O)CCCNC(C)=O)cc1. The lowest BCUT2D eigenvalue weighted by Gasteiger charge is -2.30. The molecule has 0 aliphatic rings. The first kappa shape index (κ1) is 24.9. The molecule has 1 aromatic carbocycles. The number of hydrogen-bond donors (Lipinski definition) is 2. The van der Waals surface area contributed by atoms with E-state index in [-0.39, 0.29) is 37.8 Å². The number of carboxylic acids is 1. The highest BCUT2D eigenvalue weighted by Crippen LogP contribution is 2.26. The van der Waals surface area contributed by atoms with Crippen LogP contribution in [-0.4, -0.2) is 57.5 Å². The number of ether oxygens (including phenoxy) is 2. The van der Waals surface area contributed by atoms with E-state index in [1.807, 2.05) is 0 Å². The zero-order chi connectivity index (χ0) is 22.1. The van der Waals surface area contributed by atoms with E-state index in [1.54, 1.807) is 45.2 Å². The Hall–Kier alpha value is -2.17. The summed E-state index contributed by atoms with van der Waals surface area (Å²) in [6.07, 6.45) is -1.09. The molecule has 1 aromatic rings. The Balaban J connectivity index is 2.63. The van der Waals surface area contributed by atoms with Crippen molar-refractivity contribution < 1.29 is 36.8 Å². The summed E-state index contributed by atoms with van der Waals surface area (Å²) in [5.41, 5.74) is -0.359. The van der Waals surface area contributed by atoms with Crippen molar-refractivity contribution in [2.45, 2.75) is 39.9 Å². The van der Waals surface area contributed by atoms with Crippen LogP contribution in [0.4, 0.5) is 0 Å². The first-order chi connectivity index (χ1) is 13.5. The molecule has 1 atom stereocenters. The molecule has 2 N–H and O–H groups in total. The van der Waals surface area contributed by atoms with Crippen LogP contribution in [0.2, 0.25) is 0 Å². The van der Waals surface area contributed by atoms with Gasteiger partial charge in [-0.3, -0.25) is 8.98 Å². The first-order valence-electron chi connectivity index (χ1n) is 9.06. The number of carbonyl (C=O) groups excluding carboxylic acids is 1. The van der Waals surface area contributed by atoms with Crippen molar-refractivity contribution in [2.24, 2.45) is 5.41 Å². The van der Waals surface area contributed by atoms with Gasteiger partial charge in [-0.25, -0.2) is 4.79 Å². The fourth-order valence-electron chi connectivity index (χ4n) is 2.42. The van der Waals surface area contributed by atoms with Gasteiger partial charge in [-0.2, -0.15) is 8.42 Å². The van der Waals surface area contributed by atoms with Crippen molar-refractivity contribution in [3.63, 3.8) is 0 Å². The van der Waals surface area contributed by atoms with Gasteiger partial charge in [-0.05, 0) is 24.1 Å². The summed E-state index contributed by atoms with van der Waals surface area (Å²) in [4.78, 5) is 22.5. The molecule has 0 spiro atoms. The highest BCUT2D eigenvalue weighted by Gasteiger charge is 2.38. The summed E-state index contributed by atoms with van der Waals surface area (Å²) in [6, 6.07) is 6.97. The maximum Gasteiger partial charge on any atom is 0.333 e. The standard InChI is InChI=1S/C19H29NO8S/c1-14(21)20-10-5-11-29(24,25)28-13-19(2,3)17(18(22)23)27-12-15-6-8-16(26-4)9-7-15/h6-9,17H,5,10-13H2,1-4H3,(H,20,21)(H,22,23). The van der Waals surface area contributed by atoms with Gasteiger partial charge >= 0.3 is 5.97 Å². The second-order valence-corrected chi connectivity index (χ2v) is 8.99. The van der Waals surface area contributed by atoms with E-state index in [1.165, 1.54) is 6.92 Å². The highest BCUT2D eigenvalue weighted by atomic mass is 32.2. The van der Waals surface area contributed by atoms with Crippen molar-refractivity contribution in [1.29, 1.82) is 0 Å². The lowest BCUT2D eigenvalue weighted by Crippen LogP contribution is -2.42. The number of benzene rings is 1. The second-order valence-electron chi connectivity index (χ2n) is 7.23. The van der Waals surface area contributed by atoms with Gasteiger partial charge in [-0.15, -0.1) is 0 Å². The third-order valence-electron chi connectivity index (χ3n) is 4.07. The van der Waals surface area contributed by atoms with E-state index in [2.05, 4.69) is 5.32 Å². The van der Waals surface area contributed by atoms with Crippen LogP contribution in [0.25, 0.3) is 0 Å². The molecule has 0 fully saturated rings. The summed E-state index contributed by atoms with van der Waals surface area (Å²) >= 11 is 0. The highest BCUT2D eigenvalue weighted by molar-refractivity contribution is 7.86. The summed E-state index contributed by atoms with van der Waals surface area (Å²) in [5.74, 6) is -1.08. The van der Waals surface area contributed by atoms with Crippen molar-refractivity contribution in [3.8, 4) is 5.75 Å². The van der Waals surface area contributed by atoms with Crippen LogP contribution in [0.3, 0.4) is 0 Å². The molecule has 1 unspecified atom stereocenters. The Kier molecular flexibility index (Phi) is 9.54. The Morgan fingerprint density at radius 3 is 2.34 bits per heavy atom. The average Bonchev–Trinajstić information content (AvgIpc) is 2.64. The van der Waals surface area contributed by atoms with E-state index < -0.39 is 27.6 Å². The molecule has 164 valence electrons. The van der Waals surface area contributed by atoms with Crippen molar-refractivity contribution >= 4 is 22.0 Å². The maximum atomic E-state index is 12.0. The van der Waals surface area contributed by atoms with Gasteiger partial charge in [0.05, 0.1) is 26.1 Å². The molecule has 10 heteroatoms. The van der Waals surface area contributed by atoms with Crippen LogP contribution in [0.5, 0.6) is 5.75 Å². The summed E-state index contributed by atoms with van der Waals surface area (Å²) in [5, 5.41) is 12.0. The quantitative estimate of drug-likeness (QED) is 0.356. The number of methoxy groups -OCH3 is 1. The fraction of sp³-hybridized carbons (Fsp3) is 0.579. The van der Waals surface area contributed by atoms with Crippen LogP contribution in [0.1, 0.15) is 32.8 Å². The Morgan fingerprint density at radius 2 is 1.83 bits per heavy atom. The van der Waals surface area contributed by atoms with Gasteiger partial charge in [0.1, 0.15) is 5.75 Å². The van der Waals surface area contributed by atoms with E-state index in [4.69, 9.17) is 13.7 Å². The van der Waals surface area contributed by atoms with Crippen LogP contribution < -0.4 is 10.1 Å². The minimum Gasteiger partial charge on any atom is -0.497 e. The van der Waals surface area contributed by atoms with Gasteiger partial charge in [0.15, 0.2) is 6.10 Å². The summed E-state index contributed by atoms with van der Waals surface area (Å²) in [7, 11) is -2.32. The minimum absolute atomic E-state index is 0.0356. The Morgan fingerprint density at radius 1 is 1.21 bits per heavy atom. The number of rotatable bonds is 13. The monoisotopic (exact) mass is 431 g/mol. The van der Waals surface area contributed by atoms with Gasteiger partial charge in [0.2, 0.25) is 5.91 Å². The molecule has 0 aliphatic heterocycles. The summed E-state index contributed by atoms with van der Waals surface area (Å²) < 4.78 is 39.7. The molecule has 1 rings (SSSR count). The van der Waals surface area contributed by atoms with E-state index >= 15 is 0 Å². The van der Waals surface area contributed by atoms with Crippen LogP contribution >= 0.6 is 0 Å². The molecule has 0 aromatic heterocycles. The molecule has 1 amide bonds. The fourth-order valence-corrected chi connectivity index (χ4v) is 3.52. The first-order valence-corrected chi connectivity index (χ1v) is 10.6. The van der Waals surface area contributed by atoms with E-state index in [0.29, 0.717) is 5.75 Å². The molecule has 29 heavy (non-hydrogen) atoms. The number of carboxylic acid groups (broad SMARTS) is 1. The van der Waals surface area contributed by atoms with Crippen molar-refractivity contribution in [1.82, 2.24) is 5.32 Å². The molecule has 0 saturated carbocycles. The Labute approximate surface area is 171 Å². The second kappa shape index (κ2) is 11.1. The van der Waals surface area contributed by atoms with Crippen LogP contribution in [-0.2, 0) is 35.2 Å². The molecule has 0 heterocycles. The largest absolute Gasteiger partial charge is 0.497 e. The smallest absolute Gasteiger partial charge is 0.333 e. The number of amides is 1. The minimum atomic E-state index is -3.86. The predicted octanol–water partition coefficient (Wildman–Crippen LogP) is 1.56. The lowest BCUT2D eigenvalue weighted by atomic mass is 9.87. The van der Waals surface area contributed by atoms with E-state index in [0.717, 1.165) is 5.56 Å². The normalized spacial score (nSPS) is 13.0. The van der Waals surface area contributed by atoms with Crippen LogP contribution in [0, 0.1) is 5.41 Å². The topological polar surface area (TPSA) is 128 Å². The van der Waals surface area contributed by atoms with Crippen LogP contribution in [0.15, 0.2) is 24.3 Å². The summed E-state index contributed by atoms with van der Waals surface area (Å²) in [6.45, 7) is 4.36. The third-order valence-corrected chi connectivity index (χ3v) is 5.33. The zero-order valence-corrected chi connectivity index (χ0v) is 18.0. The van der Waals surface area contributed by atoms with Gasteiger partial charge in [-0.1, -0.05) is 26.0 Å². The lowest BCUT2D eigenvalue weighted by molar-refractivity contribution is -0.162. The van der Waals surface area contributed by atoms with Gasteiger partial charge in [0.25, 0.3) is 10.1 Å². The molecule has 0 aliphatic carbocycles. The van der Waals surface area contributed by atoms with Crippen molar-refractivity contribution in [2.75, 3.05) is 26.0 Å². The number of carbonyl (C=O) groups is 2. The van der Waals surface area contributed by atoms with Gasteiger partial charge < -0.3 is 19.9 Å². The van der Waals surface area contributed by atoms with Crippen molar-refractivity contribution in [3.05, 3.63) is 29.8 Å². The van der Waals surface area contributed by atoms with E-state index in [9.17, 15) is 23.1 Å². The molecular weight excluding hydrogens is 402 g/mol. The number of nitrogens with one attached hydrogen (secondary N) is 1. The molecule has 0 radical (unpaired) electrons.